The fraction of sp³-hybridized carbons (Fsp3) is 0. The molecule has 2 rings (SSSR count). The number of hydrogen-bond acceptors (Lipinski definition) is 4. The van der Waals surface area contributed by atoms with Gasteiger partial charge in [0.05, 0.1) is 5.69 Å². The smallest absolute Gasteiger partial charge is 0.314 e. The van der Waals surface area contributed by atoms with Gasteiger partial charge in [-0.1, -0.05) is 11.6 Å². The topological polar surface area (TPSA) is 122 Å². The van der Waals surface area contributed by atoms with Gasteiger partial charge in [0, 0.05) is 16.3 Å². The fourth-order valence-corrected chi connectivity index (χ4v) is 1.87. The molecule has 0 unspecified atom stereocenters. The van der Waals surface area contributed by atoms with E-state index in [-0.39, 0.29) is 17.0 Å². The van der Waals surface area contributed by atoms with Gasteiger partial charge in [-0.2, -0.15) is 0 Å². The second kappa shape index (κ2) is 6.80. The highest BCUT2D eigenvalue weighted by atomic mass is 35.5. The van der Waals surface area contributed by atoms with E-state index in [1.54, 1.807) is 0 Å². The fourth-order valence-electron chi connectivity index (χ4n) is 1.69. The van der Waals surface area contributed by atoms with Crippen molar-refractivity contribution in [1.82, 2.24) is 0 Å². The van der Waals surface area contributed by atoms with Gasteiger partial charge in [-0.05, 0) is 42.5 Å². The summed E-state index contributed by atoms with van der Waals surface area (Å²) in [5.74, 6) is -2.75. The number of nitrogens with two attached hydrogens (primary N) is 1. The minimum Gasteiger partial charge on any atom is -0.506 e. The summed E-state index contributed by atoms with van der Waals surface area (Å²) in [6.07, 6.45) is 0. The van der Waals surface area contributed by atoms with E-state index in [0.717, 1.165) is 0 Å². The Morgan fingerprint density at radius 3 is 2.17 bits per heavy atom. The lowest BCUT2D eigenvalue weighted by Crippen LogP contribution is -2.29. The second-order valence-electron chi connectivity index (χ2n) is 4.51. The van der Waals surface area contributed by atoms with Crippen LogP contribution in [0.5, 0.6) is 5.75 Å². The van der Waals surface area contributed by atoms with Crippen LogP contribution in [-0.4, -0.2) is 22.8 Å². The molecule has 0 aliphatic heterocycles. The van der Waals surface area contributed by atoms with Gasteiger partial charge in [-0.25, -0.2) is 0 Å². The molecular weight excluding hydrogens is 322 g/mol. The molecule has 0 heterocycles. The molecule has 0 saturated heterocycles. The van der Waals surface area contributed by atoms with Crippen LogP contribution < -0.4 is 16.4 Å². The number of amides is 3. The van der Waals surface area contributed by atoms with E-state index in [4.69, 9.17) is 17.3 Å². The summed E-state index contributed by atoms with van der Waals surface area (Å²) in [5, 5.41) is 14.5. The first-order chi connectivity index (χ1) is 10.9. The highest BCUT2D eigenvalue weighted by molar-refractivity contribution is 6.44. The molecule has 0 atom stereocenters. The third kappa shape index (κ3) is 4.21. The zero-order valence-corrected chi connectivity index (χ0v) is 12.4. The molecule has 0 fully saturated rings. The lowest BCUT2D eigenvalue weighted by molar-refractivity contribution is -0.133. The number of nitrogens with one attached hydrogen (secondary N) is 2. The molecule has 0 aliphatic carbocycles. The first kappa shape index (κ1) is 16.3. The van der Waals surface area contributed by atoms with Gasteiger partial charge in [-0.3, -0.25) is 14.4 Å². The van der Waals surface area contributed by atoms with Crippen LogP contribution in [0.3, 0.4) is 0 Å². The van der Waals surface area contributed by atoms with E-state index < -0.39 is 17.7 Å². The van der Waals surface area contributed by atoms with E-state index in [0.29, 0.717) is 10.7 Å². The van der Waals surface area contributed by atoms with Crippen molar-refractivity contribution in [3.63, 3.8) is 0 Å². The molecule has 2 aromatic carbocycles. The van der Waals surface area contributed by atoms with Crippen LogP contribution in [0, 0.1) is 0 Å². The van der Waals surface area contributed by atoms with Crippen molar-refractivity contribution in [2.75, 3.05) is 10.6 Å². The van der Waals surface area contributed by atoms with E-state index in [2.05, 4.69) is 10.6 Å². The van der Waals surface area contributed by atoms with E-state index >= 15 is 0 Å². The first-order valence-electron chi connectivity index (χ1n) is 6.37. The van der Waals surface area contributed by atoms with E-state index in [1.807, 2.05) is 0 Å². The third-order valence-electron chi connectivity index (χ3n) is 2.84. The molecule has 5 N–H and O–H groups in total. The van der Waals surface area contributed by atoms with Crippen molar-refractivity contribution >= 4 is 40.7 Å². The van der Waals surface area contributed by atoms with Crippen molar-refractivity contribution in [3.05, 3.63) is 53.1 Å². The minimum absolute atomic E-state index is 0.0155. The Morgan fingerprint density at radius 1 is 0.957 bits per heavy atom. The number of hydrogen-bond donors (Lipinski definition) is 4. The Morgan fingerprint density at radius 2 is 1.57 bits per heavy atom. The number of carbonyl (C=O) groups excluding carboxylic acids is 3. The number of anilines is 2. The average molecular weight is 334 g/mol. The summed E-state index contributed by atoms with van der Waals surface area (Å²) < 4.78 is 0. The summed E-state index contributed by atoms with van der Waals surface area (Å²) in [7, 11) is 0. The molecule has 0 radical (unpaired) electrons. The van der Waals surface area contributed by atoms with Gasteiger partial charge >= 0.3 is 11.8 Å². The molecule has 0 aromatic heterocycles. The zero-order valence-electron chi connectivity index (χ0n) is 11.7. The molecule has 7 nitrogen and oxygen atoms in total. The summed E-state index contributed by atoms with van der Waals surface area (Å²) in [5.41, 5.74) is 5.70. The molecule has 0 aliphatic rings. The van der Waals surface area contributed by atoms with Crippen LogP contribution in [0.4, 0.5) is 11.4 Å². The number of rotatable bonds is 3. The summed E-state index contributed by atoms with van der Waals surface area (Å²) in [4.78, 5) is 34.5. The maximum absolute atomic E-state index is 11.8. The highest BCUT2D eigenvalue weighted by Crippen LogP contribution is 2.26. The lowest BCUT2D eigenvalue weighted by atomic mass is 10.2. The van der Waals surface area contributed by atoms with Crippen LogP contribution in [0.25, 0.3) is 0 Å². The molecule has 8 heteroatoms. The predicted molar refractivity (Wildman–Crippen MR) is 85.3 cm³/mol. The molecule has 0 bridgehead atoms. The number of primary amides is 1. The molecule has 2 aromatic rings. The number of phenolic OH excluding ortho intramolecular Hbond substituents is 1. The third-order valence-corrected chi connectivity index (χ3v) is 3.08. The van der Waals surface area contributed by atoms with Crippen LogP contribution in [-0.2, 0) is 9.59 Å². The van der Waals surface area contributed by atoms with Crippen molar-refractivity contribution < 1.29 is 19.5 Å². The van der Waals surface area contributed by atoms with E-state index in [9.17, 15) is 19.5 Å². The molecule has 0 spiro atoms. The number of aromatic hydroxyl groups is 1. The highest BCUT2D eigenvalue weighted by Gasteiger charge is 2.16. The molecule has 3 amide bonds. The Kier molecular flexibility index (Phi) is 4.82. The molecule has 118 valence electrons. The predicted octanol–water partition coefficient (Wildman–Crippen LogP) is 1.72. The molecular formula is C15H12ClN3O4. The van der Waals surface area contributed by atoms with Crippen molar-refractivity contribution in [2.24, 2.45) is 5.73 Å². The van der Waals surface area contributed by atoms with Crippen molar-refractivity contribution in [3.8, 4) is 5.75 Å². The average Bonchev–Trinajstić information content (AvgIpc) is 2.51. The van der Waals surface area contributed by atoms with Gasteiger partial charge in [0.15, 0.2) is 0 Å². The quantitative estimate of drug-likeness (QED) is 0.504. The van der Waals surface area contributed by atoms with Gasteiger partial charge in [0.1, 0.15) is 5.75 Å². The largest absolute Gasteiger partial charge is 0.506 e. The Hall–Kier alpha value is -3.06. The van der Waals surface area contributed by atoms with Crippen LogP contribution in [0.15, 0.2) is 42.5 Å². The van der Waals surface area contributed by atoms with Gasteiger partial charge < -0.3 is 21.5 Å². The SMILES string of the molecule is NC(=O)c1ccc(NC(=O)C(=O)Nc2cc(Cl)ccc2O)cc1. The van der Waals surface area contributed by atoms with Crippen LogP contribution >= 0.6 is 11.6 Å². The van der Waals surface area contributed by atoms with Crippen LogP contribution in [0.1, 0.15) is 10.4 Å². The maximum atomic E-state index is 11.8. The molecule has 23 heavy (non-hydrogen) atoms. The number of carbonyl (C=O) groups is 3. The Balaban J connectivity index is 2.03. The van der Waals surface area contributed by atoms with Gasteiger partial charge in [0.2, 0.25) is 5.91 Å². The first-order valence-corrected chi connectivity index (χ1v) is 6.75. The number of halogens is 1. The van der Waals surface area contributed by atoms with Crippen molar-refractivity contribution in [2.45, 2.75) is 0 Å². The summed E-state index contributed by atoms with van der Waals surface area (Å²) in [6, 6.07) is 9.73. The van der Waals surface area contributed by atoms with E-state index in [1.165, 1.54) is 42.5 Å². The summed E-state index contributed by atoms with van der Waals surface area (Å²) >= 11 is 5.75. The number of phenols is 1. The Bertz CT molecular complexity index is 775. The van der Waals surface area contributed by atoms with Crippen molar-refractivity contribution in [1.29, 1.82) is 0 Å². The van der Waals surface area contributed by atoms with Gasteiger partial charge in [0.25, 0.3) is 0 Å². The zero-order chi connectivity index (χ0) is 17.0. The van der Waals surface area contributed by atoms with Gasteiger partial charge in [-0.15, -0.1) is 0 Å². The summed E-state index contributed by atoms with van der Waals surface area (Å²) in [6.45, 7) is 0. The molecule has 0 saturated carbocycles. The second-order valence-corrected chi connectivity index (χ2v) is 4.95. The normalized spacial score (nSPS) is 9.96. The Labute approximate surface area is 136 Å². The lowest BCUT2D eigenvalue weighted by Gasteiger charge is -2.08. The monoisotopic (exact) mass is 333 g/mol. The number of benzene rings is 2. The minimum atomic E-state index is -0.985. The maximum Gasteiger partial charge on any atom is 0.314 e. The van der Waals surface area contributed by atoms with Crippen LogP contribution in [0.2, 0.25) is 5.02 Å². The standard InChI is InChI=1S/C15H12ClN3O4/c16-9-3-6-12(20)11(7-9)19-15(23)14(22)18-10-4-1-8(2-5-10)13(17)21/h1-7,20H,(H2,17,21)(H,18,22)(H,19,23).